The lowest BCUT2D eigenvalue weighted by molar-refractivity contribution is -0.137. The molecule has 1 aromatic heterocycles. The van der Waals surface area contributed by atoms with Crippen molar-refractivity contribution in [3.63, 3.8) is 0 Å². The van der Waals surface area contributed by atoms with E-state index >= 15 is 0 Å². The number of carboxylic acids is 1. The average molecular weight is 273 g/mol. The largest absolute Gasteiger partial charge is 0.497 e. The first-order valence-electron chi connectivity index (χ1n) is 7.09. The Balaban J connectivity index is 2.12. The number of benzene rings is 1. The number of hydrogen-bond donors (Lipinski definition) is 2. The van der Waals surface area contributed by atoms with Crippen molar-refractivity contribution in [1.82, 2.24) is 4.98 Å². The molecule has 0 saturated heterocycles. The molecule has 2 N–H and O–H groups in total. The van der Waals surface area contributed by atoms with Crippen molar-refractivity contribution in [2.75, 3.05) is 7.11 Å². The first kappa shape index (κ1) is 13.0. The number of hydrogen-bond acceptors (Lipinski definition) is 2. The van der Waals surface area contributed by atoms with Crippen molar-refractivity contribution < 1.29 is 14.6 Å². The summed E-state index contributed by atoms with van der Waals surface area (Å²) >= 11 is 0. The Hall–Kier alpha value is -1.97. The molecule has 20 heavy (non-hydrogen) atoms. The summed E-state index contributed by atoms with van der Waals surface area (Å²) in [6, 6.07) is 5.98. The van der Waals surface area contributed by atoms with Crippen molar-refractivity contribution in [1.29, 1.82) is 0 Å². The molecule has 0 saturated carbocycles. The van der Waals surface area contributed by atoms with E-state index in [1.807, 2.05) is 18.2 Å². The lowest BCUT2D eigenvalue weighted by Gasteiger charge is -2.13. The molecular formula is C16H19NO3. The minimum absolute atomic E-state index is 0.118. The first-order chi connectivity index (χ1) is 9.69. The highest BCUT2D eigenvalue weighted by Gasteiger charge is 2.25. The van der Waals surface area contributed by atoms with Crippen LogP contribution in [-0.2, 0) is 11.2 Å². The maximum Gasteiger partial charge on any atom is 0.303 e. The summed E-state index contributed by atoms with van der Waals surface area (Å²) in [6.45, 7) is 0. The maximum absolute atomic E-state index is 11.1. The molecule has 3 rings (SSSR count). The summed E-state index contributed by atoms with van der Waals surface area (Å²) in [5.41, 5.74) is 3.46. The van der Waals surface area contributed by atoms with Crippen LogP contribution in [0.1, 0.15) is 42.9 Å². The van der Waals surface area contributed by atoms with E-state index in [1.54, 1.807) is 7.11 Å². The molecule has 0 spiro atoms. The van der Waals surface area contributed by atoms with E-state index in [2.05, 4.69) is 4.98 Å². The van der Waals surface area contributed by atoms with Crippen molar-refractivity contribution >= 4 is 16.9 Å². The van der Waals surface area contributed by atoms with Gasteiger partial charge in [0.15, 0.2) is 0 Å². The number of methoxy groups -OCH3 is 1. The number of rotatable bonds is 3. The number of aromatic amines is 1. The predicted molar refractivity (Wildman–Crippen MR) is 77.4 cm³/mol. The second kappa shape index (κ2) is 5.19. The van der Waals surface area contributed by atoms with Crippen molar-refractivity contribution in [3.05, 3.63) is 29.5 Å². The fraction of sp³-hybridized carbons (Fsp3) is 0.438. The zero-order valence-electron chi connectivity index (χ0n) is 11.6. The Morgan fingerprint density at radius 2 is 2.30 bits per heavy atom. The topological polar surface area (TPSA) is 62.3 Å². The molecule has 1 aromatic carbocycles. The van der Waals surface area contributed by atoms with Gasteiger partial charge in [0.25, 0.3) is 0 Å². The van der Waals surface area contributed by atoms with Crippen LogP contribution in [-0.4, -0.2) is 23.2 Å². The standard InChI is InChI=1S/C16H19NO3/c1-20-11-6-7-12-14(9-11)17-13-5-3-2-4-10(16(12)13)8-15(18)19/h6-7,9-10,17H,2-5,8H2,1H3,(H,18,19). The number of aliphatic carboxylic acids is 1. The van der Waals surface area contributed by atoms with Crippen LogP contribution < -0.4 is 4.74 Å². The Bertz CT molecular complexity index is 644. The van der Waals surface area contributed by atoms with Gasteiger partial charge >= 0.3 is 5.97 Å². The van der Waals surface area contributed by atoms with E-state index in [-0.39, 0.29) is 12.3 Å². The van der Waals surface area contributed by atoms with Gasteiger partial charge in [-0.3, -0.25) is 4.79 Å². The molecule has 4 heteroatoms. The minimum Gasteiger partial charge on any atom is -0.497 e. The molecule has 1 aliphatic carbocycles. The van der Waals surface area contributed by atoms with Crippen molar-refractivity contribution in [2.24, 2.45) is 0 Å². The molecule has 4 nitrogen and oxygen atoms in total. The minimum atomic E-state index is -0.717. The number of fused-ring (bicyclic) bond motifs is 3. The molecule has 0 fully saturated rings. The second-order valence-corrected chi connectivity index (χ2v) is 5.47. The van der Waals surface area contributed by atoms with E-state index in [4.69, 9.17) is 9.84 Å². The monoisotopic (exact) mass is 273 g/mol. The zero-order chi connectivity index (χ0) is 14.1. The Morgan fingerprint density at radius 3 is 3.05 bits per heavy atom. The van der Waals surface area contributed by atoms with E-state index in [1.165, 1.54) is 11.3 Å². The van der Waals surface area contributed by atoms with Gasteiger partial charge in [0.1, 0.15) is 5.75 Å². The molecule has 1 heterocycles. The molecule has 1 aliphatic rings. The zero-order valence-corrected chi connectivity index (χ0v) is 11.6. The molecule has 1 unspecified atom stereocenters. The number of nitrogens with one attached hydrogen (secondary N) is 1. The number of carboxylic acid groups (broad SMARTS) is 1. The van der Waals surface area contributed by atoms with Crippen LogP contribution in [0.5, 0.6) is 5.75 Å². The van der Waals surface area contributed by atoms with Gasteiger partial charge in [-0.05, 0) is 42.9 Å². The molecule has 0 bridgehead atoms. The van der Waals surface area contributed by atoms with Crippen LogP contribution in [0.25, 0.3) is 10.9 Å². The summed E-state index contributed by atoms with van der Waals surface area (Å²) in [5, 5.41) is 10.3. The molecule has 0 aliphatic heterocycles. The van der Waals surface area contributed by atoms with Crippen LogP contribution >= 0.6 is 0 Å². The number of aromatic nitrogens is 1. The van der Waals surface area contributed by atoms with Crippen molar-refractivity contribution in [3.8, 4) is 5.75 Å². The third-order valence-corrected chi connectivity index (χ3v) is 4.19. The highest BCUT2D eigenvalue weighted by atomic mass is 16.5. The van der Waals surface area contributed by atoms with Crippen LogP contribution in [0.3, 0.4) is 0 Å². The maximum atomic E-state index is 11.1. The van der Waals surface area contributed by atoms with Gasteiger partial charge in [-0.25, -0.2) is 0 Å². The van der Waals surface area contributed by atoms with Crippen LogP contribution in [0.15, 0.2) is 18.2 Å². The summed E-state index contributed by atoms with van der Waals surface area (Å²) in [5.74, 6) is 0.224. The first-order valence-corrected chi connectivity index (χ1v) is 7.09. The Morgan fingerprint density at radius 1 is 1.45 bits per heavy atom. The molecule has 2 aromatic rings. The van der Waals surface area contributed by atoms with Gasteiger partial charge in [-0.1, -0.05) is 6.42 Å². The summed E-state index contributed by atoms with van der Waals surface area (Å²) in [4.78, 5) is 14.6. The number of H-pyrrole nitrogens is 1. The van der Waals surface area contributed by atoms with E-state index in [9.17, 15) is 4.79 Å². The highest BCUT2D eigenvalue weighted by molar-refractivity contribution is 5.87. The van der Waals surface area contributed by atoms with E-state index < -0.39 is 5.97 Å². The summed E-state index contributed by atoms with van der Waals surface area (Å²) in [7, 11) is 1.66. The molecular weight excluding hydrogens is 254 g/mol. The third kappa shape index (κ3) is 2.26. The van der Waals surface area contributed by atoms with Gasteiger partial charge in [0.05, 0.1) is 13.5 Å². The van der Waals surface area contributed by atoms with Crippen LogP contribution in [0.2, 0.25) is 0 Å². The molecule has 0 amide bonds. The second-order valence-electron chi connectivity index (χ2n) is 5.47. The lowest BCUT2D eigenvalue weighted by Crippen LogP contribution is -2.06. The number of aryl methyl sites for hydroxylation is 1. The fourth-order valence-corrected chi connectivity index (χ4v) is 3.30. The van der Waals surface area contributed by atoms with Crippen LogP contribution in [0, 0.1) is 0 Å². The Kier molecular flexibility index (Phi) is 3.38. The average Bonchev–Trinajstić information content (AvgIpc) is 2.68. The Labute approximate surface area is 117 Å². The SMILES string of the molecule is COc1ccc2c3c([nH]c2c1)CCCCC3CC(=O)O. The van der Waals surface area contributed by atoms with Gasteiger partial charge in [-0.2, -0.15) is 0 Å². The molecule has 1 atom stereocenters. The quantitative estimate of drug-likeness (QED) is 0.842. The number of carbonyl (C=O) groups is 1. The molecule has 106 valence electrons. The van der Waals surface area contributed by atoms with Gasteiger partial charge < -0.3 is 14.8 Å². The van der Waals surface area contributed by atoms with Gasteiger partial charge in [0, 0.05) is 22.7 Å². The molecule has 0 radical (unpaired) electrons. The van der Waals surface area contributed by atoms with Gasteiger partial charge in [0.2, 0.25) is 0 Å². The van der Waals surface area contributed by atoms with Crippen molar-refractivity contribution in [2.45, 2.75) is 38.0 Å². The lowest BCUT2D eigenvalue weighted by atomic mass is 9.90. The van der Waals surface area contributed by atoms with E-state index in [0.29, 0.717) is 0 Å². The third-order valence-electron chi connectivity index (χ3n) is 4.19. The normalized spacial score (nSPS) is 18.6. The van der Waals surface area contributed by atoms with E-state index in [0.717, 1.165) is 42.3 Å². The summed E-state index contributed by atoms with van der Waals surface area (Å²) in [6.07, 6.45) is 4.39. The number of ether oxygens (including phenoxy) is 1. The van der Waals surface area contributed by atoms with Crippen LogP contribution in [0.4, 0.5) is 0 Å². The fourth-order valence-electron chi connectivity index (χ4n) is 3.30. The van der Waals surface area contributed by atoms with Gasteiger partial charge in [-0.15, -0.1) is 0 Å². The highest BCUT2D eigenvalue weighted by Crippen LogP contribution is 2.38. The predicted octanol–water partition coefficient (Wildman–Crippen LogP) is 3.46. The smallest absolute Gasteiger partial charge is 0.303 e. The summed E-state index contributed by atoms with van der Waals surface area (Å²) < 4.78 is 5.26.